The Balaban J connectivity index is 1.45. The molecule has 0 spiro atoms. The van der Waals surface area contributed by atoms with Crippen LogP contribution in [0.4, 0.5) is 10.6 Å². The minimum Gasteiger partial charge on any atom is -0.437 e. The van der Waals surface area contributed by atoms with E-state index in [4.69, 9.17) is 4.74 Å². The average Bonchev–Trinajstić information content (AvgIpc) is 3.27. The molecule has 31 heavy (non-hydrogen) atoms. The number of hydrogen-bond acceptors (Lipinski definition) is 7. The van der Waals surface area contributed by atoms with Crippen molar-refractivity contribution in [3.63, 3.8) is 0 Å². The largest absolute Gasteiger partial charge is 0.437 e. The first-order valence-electron chi connectivity index (χ1n) is 9.96. The van der Waals surface area contributed by atoms with Gasteiger partial charge in [0, 0.05) is 37.5 Å². The van der Waals surface area contributed by atoms with Crippen LogP contribution in [0.3, 0.4) is 0 Å². The summed E-state index contributed by atoms with van der Waals surface area (Å²) in [6.45, 7) is 6.15. The summed E-state index contributed by atoms with van der Waals surface area (Å²) in [5, 5.41) is 17.2. The Labute approximate surface area is 179 Å². The van der Waals surface area contributed by atoms with Crippen molar-refractivity contribution in [2.75, 3.05) is 11.9 Å². The van der Waals surface area contributed by atoms with Gasteiger partial charge in [-0.05, 0) is 25.5 Å². The molecule has 2 N–H and O–H groups in total. The smallest absolute Gasteiger partial charge is 0.325 e. The topological polar surface area (TPSA) is 118 Å². The Hall–Kier alpha value is -3.53. The van der Waals surface area contributed by atoms with Gasteiger partial charge in [0.2, 0.25) is 5.88 Å². The predicted octanol–water partition coefficient (Wildman–Crippen LogP) is 2.96. The zero-order valence-corrected chi connectivity index (χ0v) is 17.9. The summed E-state index contributed by atoms with van der Waals surface area (Å²) in [7, 11) is 1.82. The first-order chi connectivity index (χ1) is 14.7. The van der Waals surface area contributed by atoms with Crippen LogP contribution in [0.25, 0.3) is 11.4 Å². The summed E-state index contributed by atoms with van der Waals surface area (Å²) < 4.78 is 7.55. The number of ether oxygens (including phenoxy) is 1. The normalized spacial score (nSPS) is 17.6. The zero-order valence-electron chi connectivity index (χ0n) is 17.9. The van der Waals surface area contributed by atoms with Gasteiger partial charge < -0.3 is 9.84 Å². The summed E-state index contributed by atoms with van der Waals surface area (Å²) in [6.07, 6.45) is 5.03. The lowest BCUT2D eigenvalue weighted by Gasteiger charge is -2.27. The highest BCUT2D eigenvalue weighted by atomic mass is 16.5. The van der Waals surface area contributed by atoms with Gasteiger partial charge >= 0.3 is 6.03 Å². The van der Waals surface area contributed by atoms with E-state index in [1.807, 2.05) is 27.1 Å². The van der Waals surface area contributed by atoms with Crippen LogP contribution in [0.15, 0.2) is 36.8 Å². The average molecular weight is 423 g/mol. The van der Waals surface area contributed by atoms with Gasteiger partial charge in [-0.1, -0.05) is 13.8 Å². The number of nitrogens with one attached hydrogen (secondary N) is 1. The van der Waals surface area contributed by atoms with Gasteiger partial charge in [-0.15, -0.1) is 0 Å². The third-order valence-corrected chi connectivity index (χ3v) is 5.33. The summed E-state index contributed by atoms with van der Waals surface area (Å²) in [4.78, 5) is 27.0. The second-order valence-electron chi connectivity index (χ2n) is 8.24. The second-order valence-corrected chi connectivity index (χ2v) is 8.24. The van der Waals surface area contributed by atoms with E-state index in [0.29, 0.717) is 35.5 Å². The number of amides is 2. The van der Waals surface area contributed by atoms with Gasteiger partial charge in [0.25, 0.3) is 0 Å². The quantitative estimate of drug-likeness (QED) is 0.662. The first-order valence-corrected chi connectivity index (χ1v) is 9.96. The third-order valence-electron chi connectivity index (χ3n) is 5.33. The van der Waals surface area contributed by atoms with Crippen molar-refractivity contribution < 1.29 is 14.6 Å². The molecule has 0 aliphatic carbocycles. The molecule has 1 saturated heterocycles. The molecule has 2 amide bonds. The number of pyridine rings is 1. The molecule has 162 valence electrons. The summed E-state index contributed by atoms with van der Waals surface area (Å²) in [5.74, 6) is 1.77. The van der Waals surface area contributed by atoms with Crippen LogP contribution in [0, 0.1) is 12.3 Å². The molecule has 0 aromatic carbocycles. The SMILES string of the molecule is Cc1nc(NC(=O)N2CCC(C)(C)C2O)ccc1Oc1ccnc(-c2cnn(C)c2)n1. The number of urea groups is 1. The van der Waals surface area contributed by atoms with Crippen LogP contribution in [-0.2, 0) is 7.05 Å². The fraction of sp³-hybridized carbons (Fsp3) is 0.381. The lowest BCUT2D eigenvalue weighted by Crippen LogP contribution is -2.42. The molecule has 1 fully saturated rings. The van der Waals surface area contributed by atoms with E-state index in [9.17, 15) is 9.90 Å². The van der Waals surface area contributed by atoms with Gasteiger partial charge in [-0.3, -0.25) is 14.9 Å². The maximum absolute atomic E-state index is 12.5. The number of rotatable bonds is 4. The van der Waals surface area contributed by atoms with Gasteiger partial charge in [-0.25, -0.2) is 14.8 Å². The van der Waals surface area contributed by atoms with Gasteiger partial charge in [0.05, 0.1) is 17.5 Å². The lowest BCUT2D eigenvalue weighted by molar-refractivity contribution is -0.00117. The van der Waals surface area contributed by atoms with Crippen molar-refractivity contribution in [3.8, 4) is 23.0 Å². The molecule has 1 aliphatic rings. The van der Waals surface area contributed by atoms with Crippen LogP contribution in [-0.4, -0.2) is 53.5 Å². The Kier molecular flexibility index (Phi) is 5.32. The van der Waals surface area contributed by atoms with Crippen molar-refractivity contribution in [1.29, 1.82) is 0 Å². The number of aryl methyl sites for hydroxylation is 2. The molecule has 3 aromatic heterocycles. The van der Waals surface area contributed by atoms with Crippen molar-refractivity contribution in [3.05, 3.63) is 42.5 Å². The Morgan fingerprint density at radius 2 is 2.10 bits per heavy atom. The van der Waals surface area contributed by atoms with Crippen LogP contribution < -0.4 is 10.1 Å². The second kappa shape index (κ2) is 7.95. The van der Waals surface area contributed by atoms with Crippen LogP contribution in [0.5, 0.6) is 11.6 Å². The highest BCUT2D eigenvalue weighted by Crippen LogP contribution is 2.34. The predicted molar refractivity (Wildman–Crippen MR) is 113 cm³/mol. The molecule has 1 unspecified atom stereocenters. The maximum atomic E-state index is 12.5. The number of aliphatic hydroxyl groups is 1. The number of carbonyl (C=O) groups excluding carboxylic acids is 1. The number of likely N-dealkylation sites (tertiary alicyclic amines) is 1. The number of aromatic nitrogens is 5. The Morgan fingerprint density at radius 1 is 1.29 bits per heavy atom. The molecule has 1 atom stereocenters. The van der Waals surface area contributed by atoms with E-state index < -0.39 is 6.23 Å². The molecule has 0 radical (unpaired) electrons. The summed E-state index contributed by atoms with van der Waals surface area (Å²) >= 11 is 0. The summed E-state index contributed by atoms with van der Waals surface area (Å²) in [6, 6.07) is 4.65. The molecule has 3 aromatic rings. The standard InChI is InChI=1S/C21H25N7O3/c1-13-15(31-17-7-9-22-18(26-17)14-11-23-27(4)12-14)5-6-16(24-13)25-20(30)28-10-8-21(2,3)19(28)29/h5-7,9,11-12,19,29H,8,10H2,1-4H3,(H,24,25,30). The molecule has 0 saturated carbocycles. The molecule has 10 heteroatoms. The van der Waals surface area contributed by atoms with Gasteiger partial charge in [0.15, 0.2) is 11.6 Å². The first kappa shape index (κ1) is 20.7. The van der Waals surface area contributed by atoms with E-state index in [-0.39, 0.29) is 11.4 Å². The van der Waals surface area contributed by atoms with E-state index in [1.165, 1.54) is 4.90 Å². The van der Waals surface area contributed by atoms with Crippen molar-refractivity contribution in [1.82, 2.24) is 29.6 Å². The van der Waals surface area contributed by atoms with Crippen LogP contribution in [0.2, 0.25) is 0 Å². The molecule has 10 nitrogen and oxygen atoms in total. The maximum Gasteiger partial charge on any atom is 0.325 e. The fourth-order valence-electron chi connectivity index (χ4n) is 3.39. The lowest BCUT2D eigenvalue weighted by atomic mass is 9.91. The minimum atomic E-state index is -0.831. The number of hydrogen-bond donors (Lipinski definition) is 2. The number of anilines is 1. The van der Waals surface area contributed by atoms with Crippen molar-refractivity contribution in [2.45, 2.75) is 33.4 Å². The highest BCUT2D eigenvalue weighted by molar-refractivity contribution is 5.88. The van der Waals surface area contributed by atoms with E-state index in [2.05, 4.69) is 25.4 Å². The molecular weight excluding hydrogens is 398 g/mol. The highest BCUT2D eigenvalue weighted by Gasteiger charge is 2.41. The Bertz CT molecular complexity index is 1110. The van der Waals surface area contributed by atoms with E-state index >= 15 is 0 Å². The van der Waals surface area contributed by atoms with Gasteiger partial charge in [0.1, 0.15) is 12.0 Å². The van der Waals surface area contributed by atoms with E-state index in [0.717, 1.165) is 12.0 Å². The van der Waals surface area contributed by atoms with Crippen LogP contribution in [0.1, 0.15) is 26.0 Å². The number of aliphatic hydroxyl groups excluding tert-OH is 1. The minimum absolute atomic E-state index is 0.329. The van der Waals surface area contributed by atoms with E-state index in [1.54, 1.807) is 42.2 Å². The molecule has 4 rings (SSSR count). The third kappa shape index (κ3) is 4.33. The Morgan fingerprint density at radius 3 is 2.74 bits per heavy atom. The fourth-order valence-corrected chi connectivity index (χ4v) is 3.39. The summed E-state index contributed by atoms with van der Waals surface area (Å²) in [5.41, 5.74) is 1.04. The number of nitrogens with zero attached hydrogens (tertiary/aromatic N) is 6. The van der Waals surface area contributed by atoms with Gasteiger partial charge in [-0.2, -0.15) is 10.1 Å². The monoisotopic (exact) mass is 423 g/mol. The van der Waals surface area contributed by atoms with Crippen molar-refractivity contribution in [2.24, 2.45) is 12.5 Å². The van der Waals surface area contributed by atoms with Crippen molar-refractivity contribution >= 4 is 11.8 Å². The zero-order chi connectivity index (χ0) is 22.2. The molecule has 0 bridgehead atoms. The number of carbonyl (C=O) groups is 1. The molecule has 4 heterocycles. The molecular formula is C21H25N7O3. The van der Waals surface area contributed by atoms with Crippen LogP contribution >= 0.6 is 0 Å². The molecule has 1 aliphatic heterocycles.